The van der Waals surface area contributed by atoms with Crippen LogP contribution in [0.5, 0.6) is 0 Å². The van der Waals surface area contributed by atoms with Crippen molar-refractivity contribution >= 4 is 0 Å². The fourth-order valence-electron chi connectivity index (χ4n) is 1.66. The van der Waals surface area contributed by atoms with Gasteiger partial charge in [-0.1, -0.05) is 24.3 Å². The Hall–Kier alpha value is -0.860. The second-order valence-electron chi connectivity index (χ2n) is 4.99. The fourth-order valence-corrected chi connectivity index (χ4v) is 1.66. The predicted molar refractivity (Wildman–Crippen MR) is 63.8 cm³/mol. The molecule has 0 fully saturated rings. The highest BCUT2D eigenvalue weighted by atomic mass is 16.3. The van der Waals surface area contributed by atoms with Crippen LogP contribution in [-0.2, 0) is 12.8 Å². The van der Waals surface area contributed by atoms with Crippen LogP contribution in [0.1, 0.15) is 31.9 Å². The first-order chi connectivity index (χ1) is 6.87. The van der Waals surface area contributed by atoms with E-state index in [-0.39, 0.29) is 6.04 Å². The second kappa shape index (κ2) is 4.77. The summed E-state index contributed by atoms with van der Waals surface area (Å²) in [6.45, 7) is 5.65. The SMILES string of the molecule is CC(N)Cc1ccc(CC(C)(C)O)cc1. The van der Waals surface area contributed by atoms with Crippen LogP contribution < -0.4 is 5.73 Å². The van der Waals surface area contributed by atoms with E-state index in [4.69, 9.17) is 5.73 Å². The zero-order valence-corrected chi connectivity index (χ0v) is 9.83. The van der Waals surface area contributed by atoms with Gasteiger partial charge in [0.15, 0.2) is 0 Å². The normalized spacial score (nSPS) is 13.9. The number of nitrogens with two attached hydrogens (primary N) is 1. The van der Waals surface area contributed by atoms with E-state index in [1.807, 2.05) is 20.8 Å². The van der Waals surface area contributed by atoms with Gasteiger partial charge in [0, 0.05) is 12.5 Å². The van der Waals surface area contributed by atoms with Crippen molar-refractivity contribution in [3.63, 3.8) is 0 Å². The summed E-state index contributed by atoms with van der Waals surface area (Å²) in [5, 5.41) is 9.67. The number of rotatable bonds is 4. The van der Waals surface area contributed by atoms with Gasteiger partial charge < -0.3 is 10.8 Å². The van der Waals surface area contributed by atoms with Crippen molar-refractivity contribution in [3.05, 3.63) is 35.4 Å². The van der Waals surface area contributed by atoms with Gasteiger partial charge in [0.1, 0.15) is 0 Å². The first-order valence-electron chi connectivity index (χ1n) is 5.42. The van der Waals surface area contributed by atoms with Crippen LogP contribution in [0, 0.1) is 0 Å². The monoisotopic (exact) mass is 207 g/mol. The van der Waals surface area contributed by atoms with Gasteiger partial charge in [0.2, 0.25) is 0 Å². The zero-order valence-electron chi connectivity index (χ0n) is 9.83. The van der Waals surface area contributed by atoms with E-state index in [1.54, 1.807) is 0 Å². The molecule has 15 heavy (non-hydrogen) atoms. The smallest absolute Gasteiger partial charge is 0.0631 e. The number of aliphatic hydroxyl groups is 1. The maximum absolute atomic E-state index is 9.67. The van der Waals surface area contributed by atoms with Gasteiger partial charge in [-0.15, -0.1) is 0 Å². The number of hydrogen-bond donors (Lipinski definition) is 2. The molecule has 1 unspecified atom stereocenters. The number of hydrogen-bond acceptors (Lipinski definition) is 2. The van der Waals surface area contributed by atoms with Crippen LogP contribution in [0.3, 0.4) is 0 Å². The summed E-state index contributed by atoms with van der Waals surface area (Å²) < 4.78 is 0. The Morgan fingerprint density at radius 3 is 2.07 bits per heavy atom. The Labute approximate surface area is 92.1 Å². The molecular weight excluding hydrogens is 186 g/mol. The molecule has 0 aliphatic heterocycles. The van der Waals surface area contributed by atoms with Crippen LogP contribution in [0.4, 0.5) is 0 Å². The molecule has 0 radical (unpaired) electrons. The third-order valence-electron chi connectivity index (χ3n) is 2.22. The van der Waals surface area contributed by atoms with Crippen molar-refractivity contribution in [2.75, 3.05) is 0 Å². The lowest BCUT2D eigenvalue weighted by atomic mass is 9.97. The van der Waals surface area contributed by atoms with E-state index in [2.05, 4.69) is 24.3 Å². The molecule has 0 aliphatic carbocycles. The Morgan fingerprint density at radius 1 is 1.20 bits per heavy atom. The summed E-state index contributed by atoms with van der Waals surface area (Å²) in [6.07, 6.45) is 1.59. The first kappa shape index (κ1) is 12.2. The summed E-state index contributed by atoms with van der Waals surface area (Å²) in [4.78, 5) is 0. The third-order valence-corrected chi connectivity index (χ3v) is 2.22. The molecule has 2 heteroatoms. The van der Waals surface area contributed by atoms with Gasteiger partial charge in [-0.25, -0.2) is 0 Å². The van der Waals surface area contributed by atoms with Crippen LogP contribution in [0.25, 0.3) is 0 Å². The molecule has 1 aromatic rings. The summed E-state index contributed by atoms with van der Waals surface area (Å²) in [5.41, 5.74) is 7.51. The minimum atomic E-state index is -0.636. The zero-order chi connectivity index (χ0) is 11.5. The Bertz CT molecular complexity index is 295. The third kappa shape index (κ3) is 4.96. The molecule has 0 saturated heterocycles. The van der Waals surface area contributed by atoms with Gasteiger partial charge >= 0.3 is 0 Å². The largest absolute Gasteiger partial charge is 0.390 e. The molecule has 3 N–H and O–H groups in total. The molecule has 1 aromatic carbocycles. The number of benzene rings is 1. The highest BCUT2D eigenvalue weighted by Crippen LogP contribution is 2.13. The molecule has 0 amide bonds. The molecule has 0 saturated carbocycles. The highest BCUT2D eigenvalue weighted by molar-refractivity contribution is 5.24. The fraction of sp³-hybridized carbons (Fsp3) is 0.538. The highest BCUT2D eigenvalue weighted by Gasteiger charge is 2.12. The van der Waals surface area contributed by atoms with E-state index in [1.165, 1.54) is 5.56 Å². The molecule has 84 valence electrons. The Morgan fingerprint density at radius 2 is 1.67 bits per heavy atom. The minimum Gasteiger partial charge on any atom is -0.390 e. The van der Waals surface area contributed by atoms with Gasteiger partial charge in [0.05, 0.1) is 5.60 Å². The summed E-state index contributed by atoms with van der Waals surface area (Å²) in [5.74, 6) is 0. The summed E-state index contributed by atoms with van der Waals surface area (Å²) in [7, 11) is 0. The standard InChI is InChI=1S/C13H21NO/c1-10(14)8-11-4-6-12(7-5-11)9-13(2,3)15/h4-7,10,15H,8-9,14H2,1-3H3. The molecule has 0 spiro atoms. The van der Waals surface area contributed by atoms with Crippen LogP contribution in [0.2, 0.25) is 0 Å². The maximum atomic E-state index is 9.67. The summed E-state index contributed by atoms with van der Waals surface area (Å²) >= 11 is 0. The van der Waals surface area contributed by atoms with E-state index in [0.29, 0.717) is 6.42 Å². The average molecular weight is 207 g/mol. The van der Waals surface area contributed by atoms with Gasteiger partial charge in [-0.05, 0) is 38.3 Å². The van der Waals surface area contributed by atoms with Crippen molar-refractivity contribution < 1.29 is 5.11 Å². The molecule has 1 rings (SSSR count). The van der Waals surface area contributed by atoms with E-state index in [9.17, 15) is 5.11 Å². The molecule has 2 nitrogen and oxygen atoms in total. The lowest BCUT2D eigenvalue weighted by Crippen LogP contribution is -2.22. The summed E-state index contributed by atoms with van der Waals surface area (Å²) in [6, 6.07) is 8.50. The maximum Gasteiger partial charge on any atom is 0.0631 e. The van der Waals surface area contributed by atoms with Gasteiger partial charge in [-0.3, -0.25) is 0 Å². The molecule has 0 aromatic heterocycles. The van der Waals surface area contributed by atoms with E-state index < -0.39 is 5.60 Å². The molecule has 0 bridgehead atoms. The van der Waals surface area contributed by atoms with Gasteiger partial charge in [0.25, 0.3) is 0 Å². The van der Waals surface area contributed by atoms with Crippen molar-refractivity contribution in [1.29, 1.82) is 0 Å². The Kier molecular flexibility index (Phi) is 3.89. The molecule has 0 heterocycles. The van der Waals surface area contributed by atoms with Crippen molar-refractivity contribution in [2.24, 2.45) is 5.73 Å². The predicted octanol–water partition coefficient (Wildman–Crippen LogP) is 1.89. The van der Waals surface area contributed by atoms with E-state index >= 15 is 0 Å². The molecule has 0 aliphatic rings. The van der Waals surface area contributed by atoms with E-state index in [0.717, 1.165) is 12.0 Å². The lowest BCUT2D eigenvalue weighted by Gasteiger charge is -2.17. The minimum absolute atomic E-state index is 0.199. The van der Waals surface area contributed by atoms with Crippen LogP contribution in [-0.4, -0.2) is 16.7 Å². The molecule has 1 atom stereocenters. The Balaban J connectivity index is 2.64. The van der Waals surface area contributed by atoms with Crippen molar-refractivity contribution in [2.45, 2.75) is 45.3 Å². The lowest BCUT2D eigenvalue weighted by molar-refractivity contribution is 0.0810. The van der Waals surface area contributed by atoms with Crippen LogP contribution in [0.15, 0.2) is 24.3 Å². The quantitative estimate of drug-likeness (QED) is 0.792. The van der Waals surface area contributed by atoms with Crippen molar-refractivity contribution in [3.8, 4) is 0 Å². The second-order valence-corrected chi connectivity index (χ2v) is 4.99. The first-order valence-corrected chi connectivity index (χ1v) is 5.42. The molecular formula is C13H21NO. The van der Waals surface area contributed by atoms with Crippen LogP contribution >= 0.6 is 0 Å². The topological polar surface area (TPSA) is 46.2 Å². The average Bonchev–Trinajstić information content (AvgIpc) is 2.05. The van der Waals surface area contributed by atoms with Gasteiger partial charge in [-0.2, -0.15) is 0 Å². The van der Waals surface area contributed by atoms with Crippen molar-refractivity contribution in [1.82, 2.24) is 0 Å².